The average molecular weight is 1220 g/mol. The fourth-order valence-electron chi connectivity index (χ4n) is 9.47. The second-order valence-corrected chi connectivity index (χ2v) is 22.1. The van der Waals surface area contributed by atoms with Gasteiger partial charge in [0.15, 0.2) is 18.9 Å². The smallest absolute Gasteiger partial charge is 0.388 e. The molecule has 438 valence electrons. The number of carbonyl (C=O) groups is 6. The number of aliphatic hydroxyl groups is 11. The number of carbonyl (C=O) groups excluding carboxylic acids is 6. The van der Waals surface area contributed by atoms with E-state index in [1.165, 1.54) is 17.1 Å². The van der Waals surface area contributed by atoms with E-state index in [2.05, 4.69) is 21.3 Å². The first kappa shape index (κ1) is 63.7. The molecule has 5 fully saturated rings. The zero-order valence-electron chi connectivity index (χ0n) is 42.2. The van der Waals surface area contributed by atoms with Crippen LogP contribution >= 0.6 is 0 Å². The van der Waals surface area contributed by atoms with E-state index in [1.54, 1.807) is 0 Å². The third kappa shape index (κ3) is 15.4. The van der Waals surface area contributed by atoms with E-state index in [1.807, 2.05) is 0 Å². The molecule has 5 rings (SSSR count). The summed E-state index contributed by atoms with van der Waals surface area (Å²) in [5, 5.41) is 132. The Kier molecular flexibility index (Phi) is 23.8. The Balaban J connectivity index is 1.41. The summed E-state index contributed by atoms with van der Waals surface area (Å²) in [4.78, 5) is 73.8. The predicted molar refractivity (Wildman–Crippen MR) is 239 cm³/mol. The summed E-state index contributed by atoms with van der Waals surface area (Å²) >= 11 is -1.49. The van der Waals surface area contributed by atoms with Gasteiger partial charge in [-0.05, 0) is 0 Å². The van der Waals surface area contributed by atoms with Crippen LogP contribution in [0.1, 0.15) is 41.5 Å². The normalized spacial score (nSPS) is 41.9. The zero-order chi connectivity index (χ0) is 56.6. The number of rotatable bonds is 21. The molecule has 76 heavy (non-hydrogen) atoms. The molecule has 5 saturated heterocycles. The first-order chi connectivity index (χ1) is 35.8. The molecule has 0 spiro atoms. The fourth-order valence-corrected chi connectivity index (χ4v) is 11.5. The van der Waals surface area contributed by atoms with Crippen LogP contribution in [0.15, 0.2) is 0 Å². The molecule has 4 amide bonds. The van der Waals surface area contributed by atoms with Crippen LogP contribution < -0.4 is 42.7 Å². The van der Waals surface area contributed by atoms with E-state index in [0.717, 1.165) is 34.6 Å². The van der Waals surface area contributed by atoms with E-state index in [4.69, 9.17) is 47.4 Å². The van der Waals surface area contributed by atoms with Crippen molar-refractivity contribution in [1.82, 2.24) is 24.4 Å². The minimum absolute atomic E-state index is 0.267. The van der Waals surface area contributed by atoms with E-state index in [9.17, 15) is 84.9 Å². The van der Waals surface area contributed by atoms with Crippen molar-refractivity contribution in [2.75, 3.05) is 40.1 Å². The van der Waals surface area contributed by atoms with Crippen molar-refractivity contribution in [3.8, 4) is 0 Å². The molecule has 32 nitrogen and oxygen atoms in total. The molecule has 33 heteroatoms. The first-order valence-corrected chi connectivity index (χ1v) is 26.0. The Morgan fingerprint density at radius 1 is 0.447 bits per heavy atom. The van der Waals surface area contributed by atoms with Gasteiger partial charge in [-0.15, -0.1) is 0 Å². The second kappa shape index (κ2) is 28.4. The number of amides is 4. The van der Waals surface area contributed by atoms with E-state index >= 15 is 0 Å². The van der Waals surface area contributed by atoms with Gasteiger partial charge in [0.1, 0.15) is 48.7 Å². The van der Waals surface area contributed by atoms with Gasteiger partial charge in [-0.3, -0.25) is 14.4 Å². The molecule has 0 aromatic carbocycles. The number of likely N-dealkylation sites (N-methyl/N-ethyl adjacent to an activating group) is 1. The van der Waals surface area contributed by atoms with Crippen molar-refractivity contribution in [3.05, 3.63) is 0 Å². The molecule has 0 radical (unpaired) electrons. The van der Waals surface area contributed by atoms with Crippen LogP contribution in [0.5, 0.6) is 0 Å². The molecular weight excluding hydrogens is 1150 g/mol. The topological polar surface area (TPSA) is 469 Å². The Morgan fingerprint density at radius 3 is 1.09 bits per heavy atom. The number of nitrogens with zero attached hydrogens (tertiary/aromatic N) is 1. The quantitative estimate of drug-likeness (QED) is 0.0220. The zero-order valence-corrected chi connectivity index (χ0v) is 44.4. The molecule has 0 bridgehead atoms. The molecule has 0 saturated carbocycles. The molecule has 0 aromatic rings. The Morgan fingerprint density at radius 2 is 0.763 bits per heavy atom. The maximum atomic E-state index is 12.7. The van der Waals surface area contributed by atoms with Gasteiger partial charge in [0.05, 0.1) is 13.2 Å². The number of aliphatic hydroxyl groups excluding tert-OH is 11. The van der Waals surface area contributed by atoms with Crippen molar-refractivity contribution in [1.29, 1.82) is 0 Å². The minimum atomic E-state index is -2.01. The summed E-state index contributed by atoms with van der Waals surface area (Å²) < 4.78 is 60.0. The van der Waals surface area contributed by atoms with E-state index in [-0.39, 0.29) is 3.79 Å². The average Bonchev–Trinajstić information content (AvgIpc) is 3.33. The molecule has 5 aliphatic heterocycles. The third-order valence-electron chi connectivity index (χ3n) is 12.9. The number of esters is 1. The molecule has 5 aliphatic rings. The first-order valence-electron chi connectivity index (χ1n) is 24.0. The van der Waals surface area contributed by atoms with Gasteiger partial charge >= 0.3 is 247 Å². The van der Waals surface area contributed by atoms with Crippen molar-refractivity contribution in [3.63, 3.8) is 0 Å². The summed E-state index contributed by atoms with van der Waals surface area (Å²) in [6, 6.07) is -7.89. The maximum absolute atomic E-state index is 12.7. The molecule has 5 heterocycles. The molecule has 15 N–H and O–H groups in total. The second-order valence-electron chi connectivity index (χ2n) is 18.6. The van der Waals surface area contributed by atoms with Crippen LogP contribution in [0, 0.1) is 0 Å². The SMILES string of the molecule is CC(=O)NC1C(O)OC(CO)C(OC2OC(CO)C(OC3OC(CO)C(OC4OC(CO)C(OC5OC(COC(C)=O)C(O)C(O)C5N(C)[I-]C(C)=O)C(O)C4NC(C)=O)C(O)C3NC(C)=O)C(O)C2NC(C)=O)C1O. The van der Waals surface area contributed by atoms with Crippen molar-refractivity contribution < 1.29 is 154 Å². The fraction of sp³-hybridized carbons (Fsp3) is 0.860. The molecule has 0 aliphatic carbocycles. The van der Waals surface area contributed by atoms with Gasteiger partial charge < -0.3 is 65.5 Å². The Labute approximate surface area is 445 Å². The summed E-state index contributed by atoms with van der Waals surface area (Å²) in [6.07, 6.45) is -34.9. The van der Waals surface area contributed by atoms with Gasteiger partial charge in [0.25, 0.3) is 0 Å². The Hall–Kier alpha value is -3.09. The van der Waals surface area contributed by atoms with Crippen molar-refractivity contribution in [2.45, 2.75) is 195 Å². The summed E-state index contributed by atoms with van der Waals surface area (Å²) in [5.74, 6) is -3.82. The number of hydrogen-bond acceptors (Lipinski definition) is 28. The van der Waals surface area contributed by atoms with E-state index in [0.29, 0.717) is 0 Å². The van der Waals surface area contributed by atoms with Crippen molar-refractivity contribution in [2.24, 2.45) is 0 Å². The monoisotopic (exact) mass is 1220 g/mol. The standard InChI is InChI=1S/C43H71IN5O27/c1-13(54)44-49(7)28-34(65)29(60)23(12-67-18(6)59)72-43(28)76-38-22(11-53)71-42(27(33(38)64)48-17(5)58)75-37-21(10-52)70-41(26(32(37)63)47-16(4)57)74-36-20(9-51)69-40(25(31(36)62)46-15(3)56)73-35-19(8-50)68-39(66)24(30(35)61)45-14(2)55/h19-43,50-53,60-66H,8-12H2,1-7H3,(H,45,55)(H,46,56)(H,47,57)(H,48,58)/q-1. The van der Waals surface area contributed by atoms with Crippen LogP contribution in [0.25, 0.3) is 0 Å². The summed E-state index contributed by atoms with van der Waals surface area (Å²) in [6.45, 7) is 2.26. The van der Waals surface area contributed by atoms with Gasteiger partial charge in [-0.1, -0.05) is 0 Å². The summed E-state index contributed by atoms with van der Waals surface area (Å²) in [7, 11) is 1.45. The minimum Gasteiger partial charge on any atom is -0.388 e. The number of ether oxygens (including phenoxy) is 10. The molecule has 25 atom stereocenters. The number of halogens is 1. The van der Waals surface area contributed by atoms with Gasteiger partial charge in [-0.25, -0.2) is 0 Å². The molecular formula is C43H71IN5O27-. The van der Waals surface area contributed by atoms with Crippen LogP contribution in [-0.2, 0) is 76.1 Å². The Bertz CT molecular complexity index is 1970. The summed E-state index contributed by atoms with van der Waals surface area (Å²) in [5.41, 5.74) is 0. The molecule has 25 unspecified atom stereocenters. The van der Waals surface area contributed by atoms with Gasteiger partial charge in [0.2, 0.25) is 17.7 Å². The van der Waals surface area contributed by atoms with Crippen molar-refractivity contribution >= 4 is 33.4 Å². The van der Waals surface area contributed by atoms with E-state index < -0.39 is 237 Å². The van der Waals surface area contributed by atoms with Crippen LogP contribution in [0.4, 0.5) is 0 Å². The van der Waals surface area contributed by atoms with Gasteiger partial charge in [0, 0.05) is 20.8 Å². The number of hydrogen-bond donors (Lipinski definition) is 15. The van der Waals surface area contributed by atoms with Crippen LogP contribution in [0.3, 0.4) is 0 Å². The molecule has 0 aromatic heterocycles. The number of nitrogens with one attached hydrogen (secondary N) is 4. The van der Waals surface area contributed by atoms with Crippen LogP contribution in [-0.4, -0.2) is 286 Å². The van der Waals surface area contributed by atoms with Crippen LogP contribution in [0.2, 0.25) is 0 Å². The third-order valence-corrected chi connectivity index (χ3v) is 14.9. The van der Waals surface area contributed by atoms with Gasteiger partial charge in [-0.2, -0.15) is 0 Å². The predicted octanol–water partition coefficient (Wildman–Crippen LogP) is -13.3.